The number of benzene rings is 1. The van der Waals surface area contributed by atoms with Gasteiger partial charge in [-0.1, -0.05) is 38.8 Å². The minimum absolute atomic E-state index is 0.0985. The molecule has 6 nitrogen and oxygen atoms in total. The Morgan fingerprint density at radius 1 is 1.21 bits per heavy atom. The van der Waals surface area contributed by atoms with Crippen LogP contribution in [0.4, 0.5) is 9.18 Å². The summed E-state index contributed by atoms with van der Waals surface area (Å²) in [5, 5.41) is 5.75. The summed E-state index contributed by atoms with van der Waals surface area (Å²) in [5.41, 5.74) is -0.712. The van der Waals surface area contributed by atoms with Crippen molar-refractivity contribution < 1.29 is 18.8 Å². The fourth-order valence-corrected chi connectivity index (χ4v) is 4.28. The normalized spacial score (nSPS) is 27.1. The van der Waals surface area contributed by atoms with Crippen LogP contribution in [0, 0.1) is 11.7 Å². The standard InChI is InChI=1S/C22H30FN3O3/c1-3-4-13-22(16-7-9-17(23)10-8-16)20(28)26(21(29)25-22)14-19(27)24-18-11-5-15(2)6-12-18/h7-10,15,18H,3-6,11-14H2,1-2H3,(H,24,27)(H,25,29). The number of hydrogen-bond acceptors (Lipinski definition) is 3. The predicted octanol–water partition coefficient (Wildman–Crippen LogP) is 3.46. The first-order chi connectivity index (χ1) is 13.9. The fraction of sp³-hybridized carbons (Fsp3) is 0.591. The summed E-state index contributed by atoms with van der Waals surface area (Å²) in [7, 11) is 0. The van der Waals surface area contributed by atoms with Gasteiger partial charge in [0.05, 0.1) is 0 Å². The van der Waals surface area contributed by atoms with Gasteiger partial charge in [-0.25, -0.2) is 9.18 Å². The molecule has 2 N–H and O–H groups in total. The molecule has 1 aromatic rings. The molecule has 1 saturated heterocycles. The molecule has 1 atom stereocenters. The van der Waals surface area contributed by atoms with Crippen molar-refractivity contribution in [3.05, 3.63) is 35.6 Å². The Morgan fingerprint density at radius 2 is 1.86 bits per heavy atom. The number of nitrogens with zero attached hydrogens (tertiary/aromatic N) is 1. The van der Waals surface area contributed by atoms with Crippen molar-refractivity contribution in [2.75, 3.05) is 6.54 Å². The second-order valence-electron chi connectivity index (χ2n) is 8.36. The Bertz CT molecular complexity index is 759. The molecule has 3 rings (SSSR count). The van der Waals surface area contributed by atoms with Crippen molar-refractivity contribution in [3.63, 3.8) is 0 Å². The minimum Gasteiger partial charge on any atom is -0.352 e. The summed E-state index contributed by atoms with van der Waals surface area (Å²) in [6.07, 6.45) is 5.93. The molecular weight excluding hydrogens is 373 g/mol. The van der Waals surface area contributed by atoms with Gasteiger partial charge in [0, 0.05) is 6.04 Å². The number of imide groups is 1. The van der Waals surface area contributed by atoms with Crippen LogP contribution < -0.4 is 10.6 Å². The lowest BCUT2D eigenvalue weighted by molar-refractivity contribution is -0.135. The zero-order valence-corrected chi connectivity index (χ0v) is 17.2. The lowest BCUT2D eigenvalue weighted by Gasteiger charge is -2.28. The molecule has 1 aliphatic heterocycles. The zero-order valence-electron chi connectivity index (χ0n) is 17.2. The van der Waals surface area contributed by atoms with E-state index in [0.29, 0.717) is 24.3 Å². The Hall–Kier alpha value is -2.44. The van der Waals surface area contributed by atoms with Crippen LogP contribution in [-0.2, 0) is 15.1 Å². The minimum atomic E-state index is -1.25. The molecule has 1 heterocycles. The molecule has 0 spiro atoms. The van der Waals surface area contributed by atoms with Gasteiger partial charge in [-0.15, -0.1) is 0 Å². The smallest absolute Gasteiger partial charge is 0.325 e. The summed E-state index contributed by atoms with van der Waals surface area (Å²) in [6.45, 7) is 3.90. The van der Waals surface area contributed by atoms with E-state index in [9.17, 15) is 18.8 Å². The van der Waals surface area contributed by atoms with E-state index in [1.54, 1.807) is 0 Å². The number of amides is 4. The van der Waals surface area contributed by atoms with Crippen LogP contribution in [0.25, 0.3) is 0 Å². The summed E-state index contributed by atoms with van der Waals surface area (Å²) in [4.78, 5) is 39.4. The van der Waals surface area contributed by atoms with Crippen molar-refractivity contribution in [2.24, 2.45) is 5.92 Å². The number of halogens is 1. The van der Waals surface area contributed by atoms with E-state index in [0.717, 1.165) is 37.0 Å². The highest BCUT2D eigenvalue weighted by Gasteiger charge is 2.52. The van der Waals surface area contributed by atoms with Gasteiger partial charge in [-0.3, -0.25) is 14.5 Å². The third kappa shape index (κ3) is 4.60. The van der Waals surface area contributed by atoms with Crippen LogP contribution in [0.2, 0.25) is 0 Å². The van der Waals surface area contributed by atoms with E-state index < -0.39 is 23.3 Å². The molecule has 29 heavy (non-hydrogen) atoms. The average molecular weight is 403 g/mol. The molecule has 2 fully saturated rings. The number of unbranched alkanes of at least 4 members (excludes halogenated alkanes) is 1. The summed E-state index contributed by atoms with van der Waals surface area (Å²) < 4.78 is 13.4. The first-order valence-corrected chi connectivity index (χ1v) is 10.5. The average Bonchev–Trinajstić information content (AvgIpc) is 2.94. The fourth-order valence-electron chi connectivity index (χ4n) is 4.28. The lowest BCUT2D eigenvalue weighted by atomic mass is 9.84. The van der Waals surface area contributed by atoms with Crippen LogP contribution in [0.15, 0.2) is 24.3 Å². The van der Waals surface area contributed by atoms with Gasteiger partial charge in [0.1, 0.15) is 17.9 Å². The number of hydrogen-bond donors (Lipinski definition) is 2. The number of carbonyl (C=O) groups excluding carboxylic acids is 3. The molecule has 7 heteroatoms. The van der Waals surface area contributed by atoms with Crippen LogP contribution in [0.3, 0.4) is 0 Å². The Labute approximate surface area is 171 Å². The SMILES string of the molecule is CCCCC1(c2ccc(F)cc2)NC(=O)N(CC(=O)NC2CCC(C)CC2)C1=O. The maximum Gasteiger partial charge on any atom is 0.325 e. The first-order valence-electron chi connectivity index (χ1n) is 10.5. The van der Waals surface area contributed by atoms with Gasteiger partial charge in [-0.2, -0.15) is 0 Å². The molecule has 0 bridgehead atoms. The first kappa shape index (κ1) is 21.3. The van der Waals surface area contributed by atoms with Gasteiger partial charge in [-0.05, 0) is 55.7 Å². The molecular formula is C22H30FN3O3. The van der Waals surface area contributed by atoms with Crippen molar-refractivity contribution in [1.82, 2.24) is 15.5 Å². The molecule has 4 amide bonds. The molecule has 0 radical (unpaired) electrons. The number of urea groups is 1. The van der Waals surface area contributed by atoms with Gasteiger partial charge >= 0.3 is 6.03 Å². The molecule has 1 aromatic carbocycles. The van der Waals surface area contributed by atoms with E-state index in [1.807, 2.05) is 6.92 Å². The monoisotopic (exact) mass is 403 g/mol. The highest BCUT2D eigenvalue weighted by Crippen LogP contribution is 2.34. The van der Waals surface area contributed by atoms with E-state index in [4.69, 9.17) is 0 Å². The molecule has 158 valence electrons. The van der Waals surface area contributed by atoms with Gasteiger partial charge in [0.15, 0.2) is 0 Å². The van der Waals surface area contributed by atoms with Crippen molar-refractivity contribution >= 4 is 17.8 Å². The number of nitrogens with one attached hydrogen (secondary N) is 2. The van der Waals surface area contributed by atoms with E-state index in [-0.39, 0.29) is 18.5 Å². The van der Waals surface area contributed by atoms with E-state index in [1.165, 1.54) is 24.3 Å². The van der Waals surface area contributed by atoms with Crippen LogP contribution in [0.1, 0.15) is 64.4 Å². The second kappa shape index (κ2) is 8.93. The van der Waals surface area contributed by atoms with Gasteiger partial charge in [0.25, 0.3) is 5.91 Å². The van der Waals surface area contributed by atoms with E-state index in [2.05, 4.69) is 17.6 Å². The van der Waals surface area contributed by atoms with Crippen LogP contribution >= 0.6 is 0 Å². The summed E-state index contributed by atoms with van der Waals surface area (Å²) >= 11 is 0. The molecule has 1 unspecified atom stereocenters. The lowest BCUT2D eigenvalue weighted by Crippen LogP contribution is -2.47. The Morgan fingerprint density at radius 3 is 2.48 bits per heavy atom. The number of carbonyl (C=O) groups is 3. The predicted molar refractivity (Wildman–Crippen MR) is 107 cm³/mol. The molecule has 2 aliphatic rings. The summed E-state index contributed by atoms with van der Waals surface area (Å²) in [5.74, 6) is -0.508. The Kier molecular flexibility index (Phi) is 6.55. The third-order valence-corrected chi connectivity index (χ3v) is 6.10. The largest absolute Gasteiger partial charge is 0.352 e. The molecule has 1 aliphatic carbocycles. The Balaban J connectivity index is 1.73. The highest BCUT2D eigenvalue weighted by molar-refractivity contribution is 6.09. The maximum atomic E-state index is 13.4. The topological polar surface area (TPSA) is 78.5 Å². The maximum absolute atomic E-state index is 13.4. The zero-order chi connectivity index (χ0) is 21.0. The third-order valence-electron chi connectivity index (χ3n) is 6.10. The van der Waals surface area contributed by atoms with Crippen molar-refractivity contribution in [1.29, 1.82) is 0 Å². The highest BCUT2D eigenvalue weighted by atomic mass is 19.1. The second-order valence-corrected chi connectivity index (χ2v) is 8.36. The van der Waals surface area contributed by atoms with Gasteiger partial charge < -0.3 is 10.6 Å². The molecule has 0 aromatic heterocycles. The van der Waals surface area contributed by atoms with Crippen molar-refractivity contribution in [3.8, 4) is 0 Å². The van der Waals surface area contributed by atoms with Crippen molar-refractivity contribution in [2.45, 2.75) is 70.4 Å². The summed E-state index contributed by atoms with van der Waals surface area (Å²) in [6, 6.07) is 5.12. The van der Waals surface area contributed by atoms with Crippen LogP contribution in [0.5, 0.6) is 0 Å². The molecule has 1 saturated carbocycles. The van der Waals surface area contributed by atoms with Gasteiger partial charge in [0.2, 0.25) is 5.91 Å². The van der Waals surface area contributed by atoms with Crippen LogP contribution in [-0.4, -0.2) is 35.3 Å². The number of rotatable bonds is 7. The quantitative estimate of drug-likeness (QED) is 0.685. The van der Waals surface area contributed by atoms with E-state index >= 15 is 0 Å².